The highest BCUT2D eigenvalue weighted by Crippen LogP contribution is 2.24. The Morgan fingerprint density at radius 2 is 2.11 bits per heavy atom. The fourth-order valence-electron chi connectivity index (χ4n) is 1.82. The predicted octanol–water partition coefficient (Wildman–Crippen LogP) is 1.96. The molecule has 1 aromatic heterocycles. The molecule has 1 saturated carbocycles. The molecule has 104 valence electrons. The highest BCUT2D eigenvalue weighted by atomic mass is 16.4. The van der Waals surface area contributed by atoms with E-state index in [2.05, 4.69) is 20.6 Å². The highest BCUT2D eigenvalue weighted by molar-refractivity contribution is 5.77. The van der Waals surface area contributed by atoms with E-state index < -0.39 is 12.0 Å². The number of hydrogen-bond donors (Lipinski definition) is 3. The molecule has 2 rings (SSSR count). The van der Waals surface area contributed by atoms with E-state index in [0.29, 0.717) is 24.2 Å². The molecular weight excluding hydrogens is 244 g/mol. The van der Waals surface area contributed by atoms with Crippen LogP contribution in [0.5, 0.6) is 0 Å². The number of rotatable bonds is 7. The molecule has 1 heterocycles. The van der Waals surface area contributed by atoms with E-state index in [4.69, 9.17) is 0 Å². The summed E-state index contributed by atoms with van der Waals surface area (Å²) >= 11 is 0. The van der Waals surface area contributed by atoms with Crippen LogP contribution in [0.2, 0.25) is 0 Å². The molecule has 0 unspecified atom stereocenters. The van der Waals surface area contributed by atoms with E-state index in [0.717, 1.165) is 18.7 Å². The Balaban J connectivity index is 2.00. The predicted molar refractivity (Wildman–Crippen MR) is 73.2 cm³/mol. The quantitative estimate of drug-likeness (QED) is 0.698. The van der Waals surface area contributed by atoms with Gasteiger partial charge in [-0.15, -0.1) is 0 Å². The molecule has 1 atom stereocenters. The average Bonchev–Trinajstić information content (AvgIpc) is 3.12. The number of aliphatic carboxylic acids is 1. The van der Waals surface area contributed by atoms with Gasteiger partial charge < -0.3 is 15.7 Å². The number of carbonyl (C=O) groups is 1. The van der Waals surface area contributed by atoms with E-state index in [1.165, 1.54) is 6.33 Å². The SMILES string of the molecule is CC(C)C[C@@H](Nc1cc(NC2CC2)ncn1)C(=O)O. The molecule has 0 aliphatic heterocycles. The Labute approximate surface area is 112 Å². The van der Waals surface area contributed by atoms with Gasteiger partial charge in [-0.05, 0) is 25.2 Å². The van der Waals surface area contributed by atoms with Crippen LogP contribution in [0, 0.1) is 5.92 Å². The van der Waals surface area contributed by atoms with Crippen LogP contribution in [-0.2, 0) is 4.79 Å². The number of nitrogens with one attached hydrogen (secondary N) is 2. The molecule has 0 spiro atoms. The van der Waals surface area contributed by atoms with Crippen LogP contribution >= 0.6 is 0 Å². The first-order valence-electron chi connectivity index (χ1n) is 6.62. The topological polar surface area (TPSA) is 87.1 Å². The minimum absolute atomic E-state index is 0.305. The van der Waals surface area contributed by atoms with Gasteiger partial charge in [-0.1, -0.05) is 13.8 Å². The van der Waals surface area contributed by atoms with Crippen molar-refractivity contribution in [3.05, 3.63) is 12.4 Å². The summed E-state index contributed by atoms with van der Waals surface area (Å²) in [6, 6.07) is 1.64. The van der Waals surface area contributed by atoms with Crippen molar-refractivity contribution in [1.29, 1.82) is 0 Å². The summed E-state index contributed by atoms with van der Waals surface area (Å²) in [5.41, 5.74) is 0. The molecule has 1 aromatic rings. The minimum Gasteiger partial charge on any atom is -0.480 e. The molecule has 19 heavy (non-hydrogen) atoms. The number of carboxylic acid groups (broad SMARTS) is 1. The first kappa shape index (κ1) is 13.6. The Morgan fingerprint density at radius 3 is 2.68 bits per heavy atom. The van der Waals surface area contributed by atoms with Gasteiger partial charge >= 0.3 is 5.97 Å². The highest BCUT2D eigenvalue weighted by Gasteiger charge is 2.22. The lowest BCUT2D eigenvalue weighted by molar-refractivity contribution is -0.138. The zero-order valence-electron chi connectivity index (χ0n) is 11.3. The second kappa shape index (κ2) is 5.86. The lowest BCUT2D eigenvalue weighted by Gasteiger charge is -2.17. The van der Waals surface area contributed by atoms with E-state index in [1.54, 1.807) is 6.07 Å². The van der Waals surface area contributed by atoms with Crippen molar-refractivity contribution < 1.29 is 9.90 Å². The maximum absolute atomic E-state index is 11.2. The van der Waals surface area contributed by atoms with Gasteiger partial charge in [0.15, 0.2) is 0 Å². The van der Waals surface area contributed by atoms with Crippen LogP contribution in [0.15, 0.2) is 12.4 Å². The summed E-state index contributed by atoms with van der Waals surface area (Å²) in [5, 5.41) is 15.4. The molecule has 1 fully saturated rings. The third-order valence-electron chi connectivity index (χ3n) is 2.92. The van der Waals surface area contributed by atoms with Crippen molar-refractivity contribution in [3.63, 3.8) is 0 Å². The zero-order valence-corrected chi connectivity index (χ0v) is 11.3. The average molecular weight is 264 g/mol. The molecular formula is C13H20N4O2. The van der Waals surface area contributed by atoms with Crippen LogP contribution in [0.1, 0.15) is 33.1 Å². The van der Waals surface area contributed by atoms with Crippen molar-refractivity contribution >= 4 is 17.6 Å². The number of aromatic nitrogens is 2. The van der Waals surface area contributed by atoms with E-state index in [1.807, 2.05) is 13.8 Å². The van der Waals surface area contributed by atoms with Gasteiger partial charge in [0.25, 0.3) is 0 Å². The number of nitrogens with zero attached hydrogens (tertiary/aromatic N) is 2. The summed E-state index contributed by atoms with van der Waals surface area (Å²) < 4.78 is 0. The smallest absolute Gasteiger partial charge is 0.326 e. The van der Waals surface area contributed by atoms with Crippen LogP contribution in [0.3, 0.4) is 0 Å². The standard InChI is InChI=1S/C13H20N4O2/c1-8(2)5-10(13(18)19)17-12-6-11(14-7-15-12)16-9-3-4-9/h6-10H,3-5H2,1-2H3,(H,18,19)(H2,14,15,16,17)/t10-/m1/s1. The lowest BCUT2D eigenvalue weighted by Crippen LogP contribution is -2.31. The molecule has 6 heteroatoms. The fraction of sp³-hybridized carbons (Fsp3) is 0.615. The van der Waals surface area contributed by atoms with Gasteiger partial charge in [-0.2, -0.15) is 0 Å². The van der Waals surface area contributed by atoms with Crippen LogP contribution in [0.4, 0.5) is 11.6 Å². The monoisotopic (exact) mass is 264 g/mol. The van der Waals surface area contributed by atoms with Crippen LogP contribution in [-0.4, -0.2) is 33.1 Å². The molecule has 1 aliphatic rings. The lowest BCUT2D eigenvalue weighted by atomic mass is 10.0. The summed E-state index contributed by atoms with van der Waals surface area (Å²) in [6.45, 7) is 4.00. The van der Waals surface area contributed by atoms with Crippen molar-refractivity contribution in [3.8, 4) is 0 Å². The van der Waals surface area contributed by atoms with Gasteiger partial charge in [-0.25, -0.2) is 14.8 Å². The fourth-order valence-corrected chi connectivity index (χ4v) is 1.82. The summed E-state index contributed by atoms with van der Waals surface area (Å²) in [4.78, 5) is 19.4. The van der Waals surface area contributed by atoms with E-state index >= 15 is 0 Å². The molecule has 6 nitrogen and oxygen atoms in total. The van der Waals surface area contributed by atoms with Crippen molar-refractivity contribution in [2.24, 2.45) is 5.92 Å². The zero-order chi connectivity index (χ0) is 13.8. The largest absolute Gasteiger partial charge is 0.480 e. The minimum atomic E-state index is -0.857. The summed E-state index contributed by atoms with van der Waals surface area (Å²) in [6.07, 6.45) is 4.34. The molecule has 0 amide bonds. The Kier molecular flexibility index (Phi) is 4.19. The Hall–Kier alpha value is -1.85. The summed E-state index contributed by atoms with van der Waals surface area (Å²) in [7, 11) is 0. The van der Waals surface area contributed by atoms with Gasteiger partial charge in [-0.3, -0.25) is 0 Å². The third-order valence-corrected chi connectivity index (χ3v) is 2.92. The molecule has 0 bridgehead atoms. The number of carboxylic acids is 1. The van der Waals surface area contributed by atoms with Crippen molar-refractivity contribution in [2.75, 3.05) is 10.6 Å². The normalized spacial score (nSPS) is 16.2. The Bertz CT molecular complexity index is 446. The van der Waals surface area contributed by atoms with Gasteiger partial charge in [0.05, 0.1) is 0 Å². The molecule has 0 radical (unpaired) electrons. The second-order valence-electron chi connectivity index (χ2n) is 5.37. The second-order valence-corrected chi connectivity index (χ2v) is 5.37. The van der Waals surface area contributed by atoms with Crippen LogP contribution < -0.4 is 10.6 Å². The maximum Gasteiger partial charge on any atom is 0.326 e. The molecule has 0 aromatic carbocycles. The number of anilines is 2. The molecule has 3 N–H and O–H groups in total. The first-order chi connectivity index (χ1) is 9.04. The van der Waals surface area contributed by atoms with Gasteiger partial charge in [0, 0.05) is 12.1 Å². The number of hydrogen-bond acceptors (Lipinski definition) is 5. The van der Waals surface area contributed by atoms with Gasteiger partial charge in [0.2, 0.25) is 0 Å². The maximum atomic E-state index is 11.2. The molecule has 0 saturated heterocycles. The van der Waals surface area contributed by atoms with Crippen LogP contribution in [0.25, 0.3) is 0 Å². The van der Waals surface area contributed by atoms with Gasteiger partial charge in [0.1, 0.15) is 24.0 Å². The molecule has 1 aliphatic carbocycles. The van der Waals surface area contributed by atoms with Crippen molar-refractivity contribution in [2.45, 2.75) is 45.2 Å². The Morgan fingerprint density at radius 1 is 1.42 bits per heavy atom. The first-order valence-corrected chi connectivity index (χ1v) is 6.62. The summed E-state index contributed by atoms with van der Waals surface area (Å²) in [5.74, 6) is 0.739. The van der Waals surface area contributed by atoms with E-state index in [-0.39, 0.29) is 0 Å². The third kappa shape index (κ3) is 4.39. The van der Waals surface area contributed by atoms with Crippen molar-refractivity contribution in [1.82, 2.24) is 9.97 Å². The van der Waals surface area contributed by atoms with E-state index in [9.17, 15) is 9.90 Å².